The normalized spacial score (nSPS) is 15.2. The molecule has 62 valence electrons. The summed E-state index contributed by atoms with van der Waals surface area (Å²) in [4.78, 5) is 11.0. The van der Waals surface area contributed by atoms with E-state index in [0.29, 0.717) is 6.42 Å². The van der Waals surface area contributed by atoms with E-state index in [4.69, 9.17) is 4.74 Å². The summed E-state index contributed by atoms with van der Waals surface area (Å²) >= 11 is 2.18. The molecule has 0 fully saturated rings. The molecule has 0 bridgehead atoms. The van der Waals surface area contributed by atoms with E-state index >= 15 is 0 Å². The zero-order chi connectivity index (χ0) is 8.55. The third-order valence-electron chi connectivity index (χ3n) is 1.86. The first kappa shape index (κ1) is 8.04. The number of benzene rings is 1. The van der Waals surface area contributed by atoms with Crippen LogP contribution in [0.15, 0.2) is 18.2 Å². The van der Waals surface area contributed by atoms with Crippen LogP contribution >= 0.6 is 22.6 Å². The monoisotopic (exact) mass is 274 g/mol. The molecular formula is C9H7IO2. The highest BCUT2D eigenvalue weighted by Gasteiger charge is 2.18. The van der Waals surface area contributed by atoms with Crippen LogP contribution in [0.3, 0.4) is 0 Å². The van der Waals surface area contributed by atoms with Gasteiger partial charge in [0.15, 0.2) is 0 Å². The van der Waals surface area contributed by atoms with Crippen LogP contribution in [-0.4, -0.2) is 5.97 Å². The van der Waals surface area contributed by atoms with Crippen LogP contribution in [0.2, 0.25) is 0 Å². The molecular weight excluding hydrogens is 267 g/mol. The van der Waals surface area contributed by atoms with Crippen LogP contribution in [0.5, 0.6) is 5.75 Å². The Balaban J connectivity index is 2.50. The lowest BCUT2D eigenvalue weighted by atomic mass is 10.1. The highest BCUT2D eigenvalue weighted by atomic mass is 127. The number of para-hydroxylation sites is 1. The molecule has 1 heterocycles. The van der Waals surface area contributed by atoms with Crippen LogP contribution in [0, 0.1) is 3.57 Å². The molecule has 0 radical (unpaired) electrons. The number of hydrogen-bond donors (Lipinski definition) is 0. The second-order valence-corrected chi connectivity index (χ2v) is 3.86. The van der Waals surface area contributed by atoms with Crippen molar-refractivity contribution in [2.75, 3.05) is 0 Å². The molecule has 1 aliphatic rings. The van der Waals surface area contributed by atoms with Gasteiger partial charge in [-0.2, -0.15) is 0 Å². The van der Waals surface area contributed by atoms with Crippen molar-refractivity contribution in [3.8, 4) is 5.75 Å². The van der Waals surface area contributed by atoms with E-state index in [1.165, 1.54) is 0 Å². The van der Waals surface area contributed by atoms with Crippen molar-refractivity contribution in [1.82, 2.24) is 0 Å². The van der Waals surface area contributed by atoms with Crippen molar-refractivity contribution in [1.29, 1.82) is 0 Å². The van der Waals surface area contributed by atoms with Crippen molar-refractivity contribution in [2.45, 2.75) is 12.8 Å². The standard InChI is InChI=1S/C9H7IO2/c10-7-3-1-2-6-4-5-8(11)12-9(6)7/h1-3H,4-5H2. The lowest BCUT2D eigenvalue weighted by molar-refractivity contribution is -0.135. The average molecular weight is 274 g/mol. The lowest BCUT2D eigenvalue weighted by Crippen LogP contribution is -2.16. The van der Waals surface area contributed by atoms with Crippen molar-refractivity contribution in [2.24, 2.45) is 0 Å². The molecule has 0 saturated heterocycles. The van der Waals surface area contributed by atoms with Crippen molar-refractivity contribution in [3.63, 3.8) is 0 Å². The summed E-state index contributed by atoms with van der Waals surface area (Å²) in [5.41, 5.74) is 1.14. The molecule has 1 aromatic carbocycles. The molecule has 0 aliphatic carbocycles. The van der Waals surface area contributed by atoms with Gasteiger partial charge < -0.3 is 4.74 Å². The van der Waals surface area contributed by atoms with Gasteiger partial charge in [-0.3, -0.25) is 4.79 Å². The van der Waals surface area contributed by atoms with E-state index in [0.717, 1.165) is 21.3 Å². The minimum Gasteiger partial charge on any atom is -0.425 e. The summed E-state index contributed by atoms with van der Waals surface area (Å²) in [7, 11) is 0. The van der Waals surface area contributed by atoms with Crippen LogP contribution in [0.4, 0.5) is 0 Å². The van der Waals surface area contributed by atoms with Gasteiger partial charge in [0, 0.05) is 0 Å². The number of carbonyl (C=O) groups excluding carboxylic acids is 1. The summed E-state index contributed by atoms with van der Waals surface area (Å²) < 4.78 is 6.13. The van der Waals surface area contributed by atoms with Gasteiger partial charge in [0.1, 0.15) is 5.75 Å². The van der Waals surface area contributed by atoms with Gasteiger partial charge in [-0.05, 0) is 40.6 Å². The number of aryl methyl sites for hydroxylation is 1. The molecule has 12 heavy (non-hydrogen) atoms. The zero-order valence-corrected chi connectivity index (χ0v) is 8.50. The van der Waals surface area contributed by atoms with Crippen LogP contribution in [0.25, 0.3) is 0 Å². The van der Waals surface area contributed by atoms with E-state index in [1.54, 1.807) is 0 Å². The molecule has 1 aromatic rings. The molecule has 0 saturated carbocycles. The first-order valence-corrected chi connectivity index (χ1v) is 4.83. The molecule has 2 nitrogen and oxygen atoms in total. The van der Waals surface area contributed by atoms with Gasteiger partial charge in [-0.1, -0.05) is 12.1 Å². The second kappa shape index (κ2) is 3.05. The van der Waals surface area contributed by atoms with Gasteiger partial charge in [0.2, 0.25) is 0 Å². The van der Waals surface area contributed by atoms with Gasteiger partial charge in [-0.15, -0.1) is 0 Å². The second-order valence-electron chi connectivity index (χ2n) is 2.70. The van der Waals surface area contributed by atoms with Crippen LogP contribution < -0.4 is 4.74 Å². The maximum atomic E-state index is 11.0. The van der Waals surface area contributed by atoms with E-state index in [9.17, 15) is 4.79 Å². The SMILES string of the molecule is O=C1CCc2cccc(I)c2O1. The van der Waals surface area contributed by atoms with Crippen molar-refractivity contribution >= 4 is 28.6 Å². The molecule has 3 heteroatoms. The predicted octanol–water partition coefficient (Wildman–Crippen LogP) is 2.14. The Labute approximate surface area is 84.1 Å². The molecule has 0 spiro atoms. The number of ether oxygens (including phenoxy) is 1. The topological polar surface area (TPSA) is 26.3 Å². The Hall–Kier alpha value is -0.580. The Bertz CT molecular complexity index is 333. The number of carbonyl (C=O) groups is 1. The van der Waals surface area contributed by atoms with E-state index in [-0.39, 0.29) is 5.97 Å². The molecule has 0 aromatic heterocycles. The Kier molecular flexibility index (Phi) is 2.04. The minimum atomic E-state index is -0.119. The summed E-state index contributed by atoms with van der Waals surface area (Å²) in [6, 6.07) is 5.93. The van der Waals surface area contributed by atoms with Crippen molar-refractivity contribution < 1.29 is 9.53 Å². The van der Waals surface area contributed by atoms with E-state index in [2.05, 4.69) is 22.6 Å². The lowest BCUT2D eigenvalue weighted by Gasteiger charge is -2.15. The van der Waals surface area contributed by atoms with Gasteiger partial charge in [0.05, 0.1) is 9.99 Å². The van der Waals surface area contributed by atoms with E-state index < -0.39 is 0 Å². The maximum absolute atomic E-state index is 11.0. The fraction of sp³-hybridized carbons (Fsp3) is 0.222. The quantitative estimate of drug-likeness (QED) is 0.411. The highest BCUT2D eigenvalue weighted by Crippen LogP contribution is 2.29. The highest BCUT2D eigenvalue weighted by molar-refractivity contribution is 14.1. The smallest absolute Gasteiger partial charge is 0.311 e. The zero-order valence-electron chi connectivity index (χ0n) is 6.34. The van der Waals surface area contributed by atoms with Gasteiger partial charge in [0.25, 0.3) is 0 Å². The van der Waals surface area contributed by atoms with Gasteiger partial charge >= 0.3 is 5.97 Å². The first-order valence-electron chi connectivity index (χ1n) is 3.75. The Morgan fingerprint density at radius 1 is 1.33 bits per heavy atom. The summed E-state index contributed by atoms with van der Waals surface area (Å²) in [5.74, 6) is 0.640. The maximum Gasteiger partial charge on any atom is 0.311 e. The number of esters is 1. The third kappa shape index (κ3) is 1.33. The molecule has 0 unspecified atom stereocenters. The Morgan fingerprint density at radius 3 is 3.00 bits per heavy atom. The Morgan fingerprint density at radius 2 is 2.17 bits per heavy atom. The molecule has 2 rings (SSSR count). The molecule has 0 amide bonds. The third-order valence-corrected chi connectivity index (χ3v) is 2.71. The predicted molar refractivity (Wildman–Crippen MR) is 53.1 cm³/mol. The molecule has 0 atom stereocenters. The largest absolute Gasteiger partial charge is 0.425 e. The molecule has 1 aliphatic heterocycles. The van der Waals surface area contributed by atoms with Gasteiger partial charge in [-0.25, -0.2) is 0 Å². The van der Waals surface area contributed by atoms with E-state index in [1.807, 2.05) is 18.2 Å². The summed E-state index contributed by atoms with van der Waals surface area (Å²) in [6.45, 7) is 0. The summed E-state index contributed by atoms with van der Waals surface area (Å²) in [6.07, 6.45) is 1.32. The van der Waals surface area contributed by atoms with Crippen molar-refractivity contribution in [3.05, 3.63) is 27.3 Å². The fourth-order valence-corrected chi connectivity index (χ4v) is 1.93. The first-order chi connectivity index (χ1) is 5.77. The average Bonchev–Trinajstić information content (AvgIpc) is 2.07. The van der Waals surface area contributed by atoms with Crippen LogP contribution in [-0.2, 0) is 11.2 Å². The van der Waals surface area contributed by atoms with Crippen LogP contribution in [0.1, 0.15) is 12.0 Å². The summed E-state index contributed by atoms with van der Waals surface area (Å²) in [5, 5.41) is 0. The number of rotatable bonds is 0. The number of fused-ring (bicyclic) bond motifs is 1. The fourth-order valence-electron chi connectivity index (χ4n) is 1.27. The minimum absolute atomic E-state index is 0.119. The number of hydrogen-bond acceptors (Lipinski definition) is 2. The molecule has 0 N–H and O–H groups in total. The number of halogens is 1.